The summed E-state index contributed by atoms with van der Waals surface area (Å²) >= 11 is 6.15. The lowest BCUT2D eigenvalue weighted by atomic mass is 9.97. The molecule has 8 nitrogen and oxygen atoms in total. The van der Waals surface area contributed by atoms with E-state index >= 15 is 0 Å². The summed E-state index contributed by atoms with van der Waals surface area (Å²) in [5.41, 5.74) is 2.23. The first kappa shape index (κ1) is 23.7. The highest BCUT2D eigenvalue weighted by atomic mass is 35.5. The van der Waals surface area contributed by atoms with E-state index in [1.165, 1.54) is 4.31 Å². The topological polar surface area (TPSA) is 97.2 Å². The molecule has 10 heteroatoms. The van der Waals surface area contributed by atoms with Crippen LogP contribution in [-0.4, -0.2) is 46.7 Å². The number of nitrogens with zero attached hydrogens (tertiary/aromatic N) is 4. The van der Waals surface area contributed by atoms with Gasteiger partial charge in [0.25, 0.3) is 0 Å². The molecule has 0 aliphatic carbocycles. The minimum atomic E-state index is -3.67. The summed E-state index contributed by atoms with van der Waals surface area (Å²) in [6, 6.07) is 12.5. The number of hydrogen-bond acceptors (Lipinski definition) is 5. The van der Waals surface area contributed by atoms with Crippen LogP contribution in [0, 0.1) is 5.92 Å². The predicted octanol–water partition coefficient (Wildman–Crippen LogP) is 3.77. The third-order valence-corrected chi connectivity index (χ3v) is 8.59. The fourth-order valence-corrected chi connectivity index (χ4v) is 5.75. The van der Waals surface area contributed by atoms with Gasteiger partial charge >= 0.3 is 0 Å². The molecule has 1 atom stereocenters. The molecular weight excluding hydrogens is 462 g/mol. The van der Waals surface area contributed by atoms with Gasteiger partial charge in [0, 0.05) is 30.6 Å². The Balaban J connectivity index is 1.39. The fourth-order valence-electron chi connectivity index (χ4n) is 4.06. The maximum Gasteiger partial charge on any atom is 0.243 e. The second-order valence-corrected chi connectivity index (χ2v) is 10.8. The van der Waals surface area contributed by atoms with Gasteiger partial charge in [-0.1, -0.05) is 41.9 Å². The number of carbonyl (C=O) groups excluding carboxylic acids is 1. The zero-order valence-corrected chi connectivity index (χ0v) is 20.3. The molecule has 1 fully saturated rings. The van der Waals surface area contributed by atoms with Crippen LogP contribution in [0.4, 0.5) is 0 Å². The highest BCUT2D eigenvalue weighted by Gasteiger charge is 2.32. The summed E-state index contributed by atoms with van der Waals surface area (Å²) < 4.78 is 29.7. The summed E-state index contributed by atoms with van der Waals surface area (Å²) in [5.74, 6) is -0.299. The summed E-state index contributed by atoms with van der Waals surface area (Å²) in [6.07, 6.45) is 1.85. The molecule has 1 aliphatic rings. The first-order valence-corrected chi connectivity index (χ1v) is 13.0. The third-order valence-electron chi connectivity index (χ3n) is 6.32. The molecule has 4 rings (SSSR count). The molecule has 1 aliphatic heterocycles. The number of nitrogens with one attached hydrogen (secondary N) is 1. The van der Waals surface area contributed by atoms with Crippen LogP contribution >= 0.6 is 11.6 Å². The van der Waals surface area contributed by atoms with Gasteiger partial charge in [0.15, 0.2) is 0 Å². The highest BCUT2D eigenvalue weighted by molar-refractivity contribution is 7.89. The second kappa shape index (κ2) is 9.79. The van der Waals surface area contributed by atoms with Gasteiger partial charge in [-0.25, -0.2) is 13.1 Å². The van der Waals surface area contributed by atoms with Gasteiger partial charge in [0.1, 0.15) is 5.52 Å². The number of aromatic nitrogens is 3. The average Bonchev–Trinajstić information content (AvgIpc) is 3.26. The molecule has 0 saturated carbocycles. The van der Waals surface area contributed by atoms with Gasteiger partial charge in [-0.3, -0.25) is 4.79 Å². The number of halogens is 1. The molecule has 2 heterocycles. The number of sulfonamides is 1. The Morgan fingerprint density at radius 2 is 1.94 bits per heavy atom. The van der Waals surface area contributed by atoms with Crippen LogP contribution in [0.15, 0.2) is 47.4 Å². The number of hydrogen-bond donors (Lipinski definition) is 1. The first-order valence-electron chi connectivity index (χ1n) is 11.2. The second-order valence-electron chi connectivity index (χ2n) is 8.43. The smallest absolute Gasteiger partial charge is 0.243 e. The van der Waals surface area contributed by atoms with Crippen LogP contribution in [0.2, 0.25) is 5.02 Å². The summed E-state index contributed by atoms with van der Waals surface area (Å²) in [7, 11) is -3.67. The zero-order chi connectivity index (χ0) is 23.6. The Morgan fingerprint density at radius 1 is 1.21 bits per heavy atom. The van der Waals surface area contributed by atoms with Crippen molar-refractivity contribution in [3.8, 4) is 0 Å². The van der Waals surface area contributed by atoms with E-state index in [0.717, 1.165) is 17.5 Å². The van der Waals surface area contributed by atoms with E-state index in [1.807, 2.05) is 29.8 Å². The lowest BCUT2D eigenvalue weighted by Gasteiger charge is -2.30. The van der Waals surface area contributed by atoms with Crippen molar-refractivity contribution < 1.29 is 13.2 Å². The normalized spacial score (nSPS) is 16.7. The van der Waals surface area contributed by atoms with Crippen molar-refractivity contribution in [2.45, 2.75) is 50.6 Å². The Bertz CT molecular complexity index is 1250. The number of fused-ring (bicyclic) bond motifs is 1. The van der Waals surface area contributed by atoms with Crippen LogP contribution in [-0.2, 0) is 21.4 Å². The monoisotopic (exact) mass is 489 g/mol. The van der Waals surface area contributed by atoms with Crippen molar-refractivity contribution in [3.63, 3.8) is 0 Å². The lowest BCUT2D eigenvalue weighted by molar-refractivity contribution is -0.126. The maximum atomic E-state index is 13.2. The Kier molecular flexibility index (Phi) is 7.02. The molecule has 33 heavy (non-hydrogen) atoms. The molecule has 0 unspecified atom stereocenters. The number of piperidine rings is 1. The zero-order valence-electron chi connectivity index (χ0n) is 18.7. The molecule has 3 aromatic rings. The van der Waals surface area contributed by atoms with Crippen molar-refractivity contribution in [1.82, 2.24) is 24.6 Å². The van der Waals surface area contributed by atoms with E-state index in [1.54, 1.807) is 24.3 Å². The number of amides is 1. The van der Waals surface area contributed by atoms with Crippen molar-refractivity contribution in [1.29, 1.82) is 0 Å². The van der Waals surface area contributed by atoms with Crippen LogP contribution in [0.25, 0.3) is 11.0 Å². The van der Waals surface area contributed by atoms with Gasteiger partial charge < -0.3 is 5.32 Å². The molecule has 1 aromatic heterocycles. The van der Waals surface area contributed by atoms with Crippen molar-refractivity contribution in [2.24, 2.45) is 5.92 Å². The molecule has 1 N–H and O–H groups in total. The Labute approximate surface area is 199 Å². The minimum Gasteiger partial charge on any atom is -0.352 e. The van der Waals surface area contributed by atoms with E-state index < -0.39 is 10.0 Å². The van der Waals surface area contributed by atoms with Gasteiger partial charge in [0.2, 0.25) is 15.9 Å². The molecule has 2 aromatic carbocycles. The summed E-state index contributed by atoms with van der Waals surface area (Å²) in [4.78, 5) is 12.8. The van der Waals surface area contributed by atoms with Crippen LogP contribution in [0.1, 0.15) is 44.7 Å². The van der Waals surface area contributed by atoms with Crippen molar-refractivity contribution >= 4 is 38.6 Å². The Morgan fingerprint density at radius 3 is 2.64 bits per heavy atom. The highest BCUT2D eigenvalue weighted by Crippen LogP contribution is 2.27. The third kappa shape index (κ3) is 4.90. The van der Waals surface area contributed by atoms with Crippen molar-refractivity contribution in [3.05, 3.63) is 53.1 Å². The Hall–Kier alpha value is -2.49. The molecule has 0 radical (unpaired) electrons. The number of carbonyl (C=O) groups is 1. The average molecular weight is 490 g/mol. The summed E-state index contributed by atoms with van der Waals surface area (Å²) in [5, 5.41) is 11.9. The van der Waals surface area contributed by atoms with E-state index in [-0.39, 0.29) is 22.8 Å². The molecule has 0 spiro atoms. The molecule has 176 valence electrons. The van der Waals surface area contributed by atoms with Crippen LogP contribution in [0.5, 0.6) is 0 Å². The van der Waals surface area contributed by atoms with Gasteiger partial charge in [-0.2, -0.15) is 4.31 Å². The van der Waals surface area contributed by atoms with Crippen LogP contribution in [0.3, 0.4) is 0 Å². The van der Waals surface area contributed by atoms with Crippen molar-refractivity contribution in [2.75, 3.05) is 13.1 Å². The van der Waals surface area contributed by atoms with E-state index in [9.17, 15) is 13.2 Å². The fraction of sp³-hybridized carbons (Fsp3) is 0.435. The standard InChI is InChI=1S/C23H28ClN5O3S/c1-3-16(2)29-22-9-8-19(14-21(22)26-27-29)33(31,32)28-12-10-17(11-13-28)23(30)25-15-18-6-4-5-7-20(18)24/h4-9,14,16-17H,3,10-13,15H2,1-2H3,(H,25,30)/t16-/m0/s1. The predicted molar refractivity (Wildman–Crippen MR) is 127 cm³/mol. The molecule has 1 saturated heterocycles. The van der Waals surface area contributed by atoms with Crippen LogP contribution < -0.4 is 5.32 Å². The van der Waals surface area contributed by atoms with E-state index in [2.05, 4.69) is 22.6 Å². The van der Waals surface area contributed by atoms with Gasteiger partial charge in [-0.05, 0) is 56.0 Å². The van der Waals surface area contributed by atoms with E-state index in [0.29, 0.717) is 43.0 Å². The first-order chi connectivity index (χ1) is 15.8. The summed E-state index contributed by atoms with van der Waals surface area (Å²) in [6.45, 7) is 5.06. The van der Waals surface area contributed by atoms with E-state index in [4.69, 9.17) is 11.6 Å². The molecule has 1 amide bonds. The quantitative estimate of drug-likeness (QED) is 0.544. The minimum absolute atomic E-state index is 0.0740. The largest absolute Gasteiger partial charge is 0.352 e. The van der Waals surface area contributed by atoms with Gasteiger partial charge in [-0.15, -0.1) is 5.10 Å². The lowest BCUT2D eigenvalue weighted by Crippen LogP contribution is -2.42. The molecule has 0 bridgehead atoms. The van der Waals surface area contributed by atoms with Gasteiger partial charge in [0.05, 0.1) is 16.5 Å². The molecular formula is C23H28ClN5O3S. The maximum absolute atomic E-state index is 13.2. The number of rotatable bonds is 7. The SMILES string of the molecule is CC[C@H](C)n1nnc2cc(S(=O)(=O)N3CCC(C(=O)NCc4ccccc4Cl)CC3)ccc21. The number of benzene rings is 2.